The van der Waals surface area contributed by atoms with E-state index in [0.29, 0.717) is 11.7 Å². The molecule has 0 amide bonds. The second-order valence-electron chi connectivity index (χ2n) is 4.65. The summed E-state index contributed by atoms with van der Waals surface area (Å²) in [6.45, 7) is 4.29. The SMILES string of the molecule is CC(C)C[C@H](N)c1nc(-c2ccccc2)n[nH]1. The van der Waals surface area contributed by atoms with Crippen LogP contribution in [-0.4, -0.2) is 15.2 Å². The monoisotopic (exact) mass is 230 g/mol. The highest BCUT2D eigenvalue weighted by atomic mass is 15.2. The zero-order valence-electron chi connectivity index (χ0n) is 10.2. The summed E-state index contributed by atoms with van der Waals surface area (Å²) in [5, 5.41) is 7.12. The number of aromatic amines is 1. The van der Waals surface area contributed by atoms with Crippen molar-refractivity contribution < 1.29 is 0 Å². The summed E-state index contributed by atoms with van der Waals surface area (Å²) in [6, 6.07) is 9.82. The lowest BCUT2D eigenvalue weighted by Crippen LogP contribution is -2.14. The van der Waals surface area contributed by atoms with E-state index < -0.39 is 0 Å². The zero-order valence-corrected chi connectivity index (χ0v) is 10.2. The molecule has 4 heteroatoms. The third kappa shape index (κ3) is 2.91. The van der Waals surface area contributed by atoms with Crippen molar-refractivity contribution in [1.82, 2.24) is 15.2 Å². The van der Waals surface area contributed by atoms with Gasteiger partial charge in [0.25, 0.3) is 0 Å². The van der Waals surface area contributed by atoms with Crippen LogP contribution in [0.4, 0.5) is 0 Å². The van der Waals surface area contributed by atoms with E-state index in [2.05, 4.69) is 29.0 Å². The average Bonchev–Trinajstić information content (AvgIpc) is 2.78. The number of aromatic nitrogens is 3. The van der Waals surface area contributed by atoms with Crippen LogP contribution in [0.15, 0.2) is 30.3 Å². The lowest BCUT2D eigenvalue weighted by molar-refractivity contribution is 0.494. The fraction of sp³-hybridized carbons (Fsp3) is 0.385. The topological polar surface area (TPSA) is 67.6 Å². The Hall–Kier alpha value is -1.68. The fourth-order valence-electron chi connectivity index (χ4n) is 1.78. The lowest BCUT2D eigenvalue weighted by Gasteiger charge is -2.10. The minimum atomic E-state index is -0.0695. The van der Waals surface area contributed by atoms with Gasteiger partial charge in [-0.25, -0.2) is 4.98 Å². The van der Waals surface area contributed by atoms with Crippen molar-refractivity contribution >= 4 is 0 Å². The first kappa shape index (κ1) is 11.8. The maximum atomic E-state index is 6.05. The molecule has 0 unspecified atom stereocenters. The molecule has 2 rings (SSSR count). The van der Waals surface area contributed by atoms with Gasteiger partial charge in [0.2, 0.25) is 0 Å². The van der Waals surface area contributed by atoms with Crippen LogP contribution in [0, 0.1) is 5.92 Å². The van der Waals surface area contributed by atoms with Crippen LogP contribution in [0.3, 0.4) is 0 Å². The number of hydrogen-bond acceptors (Lipinski definition) is 3. The number of H-pyrrole nitrogens is 1. The standard InChI is InChI=1S/C13H18N4/c1-9(2)8-11(14)13-15-12(16-17-13)10-6-4-3-5-7-10/h3-7,9,11H,8,14H2,1-2H3,(H,15,16,17)/t11-/m0/s1. The number of nitrogens with one attached hydrogen (secondary N) is 1. The highest BCUT2D eigenvalue weighted by molar-refractivity contribution is 5.53. The summed E-state index contributed by atoms with van der Waals surface area (Å²) in [5.41, 5.74) is 7.06. The Bertz CT molecular complexity index is 461. The Labute approximate surface area is 101 Å². The molecule has 0 aliphatic carbocycles. The second kappa shape index (κ2) is 5.10. The number of nitrogens with zero attached hydrogens (tertiary/aromatic N) is 2. The van der Waals surface area contributed by atoms with Crippen LogP contribution in [0.25, 0.3) is 11.4 Å². The van der Waals surface area contributed by atoms with Crippen molar-refractivity contribution in [3.05, 3.63) is 36.2 Å². The van der Waals surface area contributed by atoms with Crippen LogP contribution in [0.1, 0.15) is 32.1 Å². The summed E-state index contributed by atoms with van der Waals surface area (Å²) in [6.07, 6.45) is 0.906. The largest absolute Gasteiger partial charge is 0.321 e. The number of nitrogens with two attached hydrogens (primary N) is 1. The molecule has 0 spiro atoms. The average molecular weight is 230 g/mol. The Morgan fingerprint density at radius 3 is 2.59 bits per heavy atom. The van der Waals surface area contributed by atoms with E-state index in [1.807, 2.05) is 30.3 Å². The van der Waals surface area contributed by atoms with E-state index in [4.69, 9.17) is 5.73 Å². The molecule has 0 saturated heterocycles. The molecule has 0 saturated carbocycles. The summed E-state index contributed by atoms with van der Waals surface area (Å²) >= 11 is 0. The quantitative estimate of drug-likeness (QED) is 0.848. The minimum Gasteiger partial charge on any atom is -0.321 e. The van der Waals surface area contributed by atoms with E-state index >= 15 is 0 Å². The number of benzene rings is 1. The molecule has 1 aromatic heterocycles. The summed E-state index contributed by atoms with van der Waals surface area (Å²) in [4.78, 5) is 4.44. The predicted octanol–water partition coefficient (Wildman–Crippen LogP) is 2.52. The van der Waals surface area contributed by atoms with E-state index in [1.165, 1.54) is 0 Å². The minimum absolute atomic E-state index is 0.0695. The molecule has 0 bridgehead atoms. The molecular weight excluding hydrogens is 212 g/mol. The van der Waals surface area contributed by atoms with Gasteiger partial charge in [-0.3, -0.25) is 5.10 Å². The molecule has 17 heavy (non-hydrogen) atoms. The summed E-state index contributed by atoms with van der Waals surface area (Å²) in [5.74, 6) is 2.02. The Morgan fingerprint density at radius 2 is 1.94 bits per heavy atom. The van der Waals surface area contributed by atoms with Crippen molar-refractivity contribution in [1.29, 1.82) is 0 Å². The molecule has 0 aliphatic heterocycles. The number of hydrogen-bond donors (Lipinski definition) is 2. The molecule has 1 atom stereocenters. The molecule has 0 fully saturated rings. The molecule has 0 aliphatic rings. The Morgan fingerprint density at radius 1 is 1.24 bits per heavy atom. The van der Waals surface area contributed by atoms with Crippen LogP contribution < -0.4 is 5.73 Å². The van der Waals surface area contributed by atoms with Crippen molar-refractivity contribution in [2.75, 3.05) is 0 Å². The zero-order chi connectivity index (χ0) is 12.3. The van der Waals surface area contributed by atoms with Gasteiger partial charge >= 0.3 is 0 Å². The molecule has 4 nitrogen and oxygen atoms in total. The van der Waals surface area contributed by atoms with Crippen LogP contribution >= 0.6 is 0 Å². The van der Waals surface area contributed by atoms with Crippen molar-refractivity contribution in [2.45, 2.75) is 26.3 Å². The fourth-order valence-corrected chi connectivity index (χ4v) is 1.78. The molecule has 3 N–H and O–H groups in total. The summed E-state index contributed by atoms with van der Waals surface area (Å²) < 4.78 is 0. The molecule has 2 aromatic rings. The van der Waals surface area contributed by atoms with Crippen molar-refractivity contribution in [3.8, 4) is 11.4 Å². The Balaban J connectivity index is 2.16. The van der Waals surface area contributed by atoms with E-state index in [-0.39, 0.29) is 6.04 Å². The molecule has 1 heterocycles. The van der Waals surface area contributed by atoms with Crippen LogP contribution in [-0.2, 0) is 0 Å². The van der Waals surface area contributed by atoms with Gasteiger partial charge in [0.15, 0.2) is 5.82 Å². The lowest BCUT2D eigenvalue weighted by atomic mass is 10.0. The third-order valence-electron chi connectivity index (χ3n) is 2.61. The maximum Gasteiger partial charge on any atom is 0.181 e. The van der Waals surface area contributed by atoms with Gasteiger partial charge in [0, 0.05) is 5.56 Å². The smallest absolute Gasteiger partial charge is 0.181 e. The number of rotatable bonds is 4. The van der Waals surface area contributed by atoms with Gasteiger partial charge in [-0.1, -0.05) is 44.2 Å². The van der Waals surface area contributed by atoms with Gasteiger partial charge in [-0.05, 0) is 12.3 Å². The van der Waals surface area contributed by atoms with E-state index in [1.54, 1.807) is 0 Å². The maximum absolute atomic E-state index is 6.05. The van der Waals surface area contributed by atoms with E-state index in [0.717, 1.165) is 17.8 Å². The molecule has 0 radical (unpaired) electrons. The third-order valence-corrected chi connectivity index (χ3v) is 2.61. The highest BCUT2D eigenvalue weighted by Gasteiger charge is 2.13. The van der Waals surface area contributed by atoms with Gasteiger partial charge < -0.3 is 5.73 Å². The first-order valence-corrected chi connectivity index (χ1v) is 5.90. The molecule has 1 aromatic carbocycles. The Kier molecular flexibility index (Phi) is 3.54. The van der Waals surface area contributed by atoms with Crippen LogP contribution in [0.5, 0.6) is 0 Å². The first-order valence-electron chi connectivity index (χ1n) is 5.90. The van der Waals surface area contributed by atoms with E-state index in [9.17, 15) is 0 Å². The molecular formula is C13H18N4. The summed E-state index contributed by atoms with van der Waals surface area (Å²) in [7, 11) is 0. The first-order chi connectivity index (χ1) is 8.16. The second-order valence-corrected chi connectivity index (χ2v) is 4.65. The van der Waals surface area contributed by atoms with Crippen molar-refractivity contribution in [2.24, 2.45) is 11.7 Å². The van der Waals surface area contributed by atoms with Gasteiger partial charge in [-0.2, -0.15) is 5.10 Å². The van der Waals surface area contributed by atoms with Gasteiger partial charge in [-0.15, -0.1) is 0 Å². The van der Waals surface area contributed by atoms with Gasteiger partial charge in [0.1, 0.15) is 5.82 Å². The predicted molar refractivity (Wildman–Crippen MR) is 68.2 cm³/mol. The van der Waals surface area contributed by atoms with Crippen molar-refractivity contribution in [3.63, 3.8) is 0 Å². The normalized spacial score (nSPS) is 12.9. The molecule has 90 valence electrons. The van der Waals surface area contributed by atoms with Crippen LogP contribution in [0.2, 0.25) is 0 Å². The van der Waals surface area contributed by atoms with Gasteiger partial charge in [0.05, 0.1) is 6.04 Å². The highest BCUT2D eigenvalue weighted by Crippen LogP contribution is 2.19.